The van der Waals surface area contributed by atoms with Gasteiger partial charge in [0, 0.05) is 23.6 Å². The van der Waals surface area contributed by atoms with Crippen LogP contribution in [0.15, 0.2) is 41.2 Å². The first-order valence-corrected chi connectivity index (χ1v) is 7.21. The van der Waals surface area contributed by atoms with Gasteiger partial charge in [-0.05, 0) is 28.0 Å². The van der Waals surface area contributed by atoms with E-state index in [-0.39, 0.29) is 0 Å². The third-order valence-electron chi connectivity index (χ3n) is 3.39. The predicted octanol–water partition coefficient (Wildman–Crippen LogP) is 2.85. The number of nitrogens with two attached hydrogens (primary N) is 1. The van der Waals surface area contributed by atoms with E-state index in [4.69, 9.17) is 10.8 Å². The number of aliphatic carboxylic acids is 1. The Kier molecular flexibility index (Phi) is 3.30. The molecule has 0 radical (unpaired) electrons. The van der Waals surface area contributed by atoms with E-state index in [2.05, 4.69) is 22.5 Å². The van der Waals surface area contributed by atoms with Crippen molar-refractivity contribution in [1.82, 2.24) is 4.98 Å². The van der Waals surface area contributed by atoms with Gasteiger partial charge in [-0.15, -0.1) is 0 Å². The molecule has 20 heavy (non-hydrogen) atoms. The molecule has 0 amide bonds. The third-order valence-corrected chi connectivity index (χ3v) is 4.07. The van der Waals surface area contributed by atoms with Crippen LogP contribution in [0.4, 0.5) is 0 Å². The molecule has 102 valence electrons. The van der Waals surface area contributed by atoms with Gasteiger partial charge in [-0.2, -0.15) is 11.3 Å². The number of rotatable bonds is 4. The summed E-state index contributed by atoms with van der Waals surface area (Å²) in [5.74, 6) is -0.978. The molecule has 0 aliphatic carbocycles. The summed E-state index contributed by atoms with van der Waals surface area (Å²) in [7, 11) is 0. The molecule has 4 nitrogen and oxygen atoms in total. The molecule has 0 fully saturated rings. The monoisotopic (exact) mass is 286 g/mol. The Labute approximate surface area is 119 Å². The molecule has 5 heteroatoms. The first-order valence-electron chi connectivity index (χ1n) is 6.26. The van der Waals surface area contributed by atoms with Gasteiger partial charge in [0.15, 0.2) is 0 Å². The minimum atomic E-state index is -0.978. The zero-order valence-corrected chi connectivity index (χ0v) is 11.5. The summed E-state index contributed by atoms with van der Waals surface area (Å²) in [6, 6.07) is 7.23. The smallest absolute Gasteiger partial charge is 0.320 e. The van der Waals surface area contributed by atoms with Crippen molar-refractivity contribution in [2.24, 2.45) is 5.73 Å². The summed E-state index contributed by atoms with van der Waals surface area (Å²) in [6.07, 6.45) is 2.17. The lowest BCUT2D eigenvalue weighted by Gasteiger charge is -2.05. The lowest BCUT2D eigenvalue weighted by atomic mass is 10.0. The zero-order chi connectivity index (χ0) is 14.1. The van der Waals surface area contributed by atoms with E-state index in [1.807, 2.05) is 23.7 Å². The Bertz CT molecular complexity index is 746. The molecule has 0 spiro atoms. The molecule has 2 heterocycles. The number of H-pyrrole nitrogens is 1. The van der Waals surface area contributed by atoms with Crippen molar-refractivity contribution in [3.63, 3.8) is 0 Å². The standard InChI is InChI=1S/C15H14N2O2S/c16-13(15(18)19)6-10-7-17-14-11(2-1-3-12(10)14)9-4-5-20-8-9/h1-5,7-8,13,17H,6,16H2,(H,18,19)/t13-/m0/s1. The summed E-state index contributed by atoms with van der Waals surface area (Å²) < 4.78 is 0. The Morgan fingerprint density at radius 2 is 2.25 bits per heavy atom. The maximum absolute atomic E-state index is 10.9. The number of thiophene rings is 1. The number of fused-ring (bicyclic) bond motifs is 1. The highest BCUT2D eigenvalue weighted by atomic mass is 32.1. The van der Waals surface area contributed by atoms with Crippen molar-refractivity contribution in [2.75, 3.05) is 0 Å². The van der Waals surface area contributed by atoms with Crippen LogP contribution in [0, 0.1) is 0 Å². The normalized spacial score (nSPS) is 12.7. The minimum absolute atomic E-state index is 0.322. The van der Waals surface area contributed by atoms with Crippen LogP contribution in [0.2, 0.25) is 0 Å². The van der Waals surface area contributed by atoms with E-state index in [1.165, 1.54) is 0 Å². The van der Waals surface area contributed by atoms with Crippen molar-refractivity contribution >= 4 is 28.2 Å². The molecule has 0 aliphatic rings. The Balaban J connectivity index is 2.06. The summed E-state index contributed by atoms with van der Waals surface area (Å²) in [4.78, 5) is 14.1. The van der Waals surface area contributed by atoms with E-state index < -0.39 is 12.0 Å². The third kappa shape index (κ3) is 2.21. The van der Waals surface area contributed by atoms with Crippen molar-refractivity contribution in [3.05, 3.63) is 46.8 Å². The van der Waals surface area contributed by atoms with E-state index >= 15 is 0 Å². The summed E-state index contributed by atoms with van der Waals surface area (Å²) >= 11 is 1.65. The number of aromatic amines is 1. The van der Waals surface area contributed by atoms with Gasteiger partial charge in [0.1, 0.15) is 6.04 Å². The maximum atomic E-state index is 10.9. The van der Waals surface area contributed by atoms with Crippen LogP contribution in [-0.2, 0) is 11.2 Å². The van der Waals surface area contributed by atoms with Gasteiger partial charge in [-0.3, -0.25) is 4.79 Å². The summed E-state index contributed by atoms with van der Waals surface area (Å²) in [6.45, 7) is 0. The molecule has 2 aromatic heterocycles. The molecule has 0 saturated carbocycles. The van der Waals surface area contributed by atoms with Crippen LogP contribution < -0.4 is 5.73 Å². The fourth-order valence-corrected chi connectivity index (χ4v) is 3.02. The van der Waals surface area contributed by atoms with Crippen molar-refractivity contribution in [2.45, 2.75) is 12.5 Å². The van der Waals surface area contributed by atoms with Gasteiger partial charge in [0.25, 0.3) is 0 Å². The van der Waals surface area contributed by atoms with Crippen molar-refractivity contribution < 1.29 is 9.90 Å². The molecule has 3 rings (SSSR count). The molecule has 0 aliphatic heterocycles. The number of hydrogen-bond donors (Lipinski definition) is 3. The number of carbonyl (C=O) groups is 1. The highest BCUT2D eigenvalue weighted by Gasteiger charge is 2.16. The van der Waals surface area contributed by atoms with Crippen LogP contribution in [0.5, 0.6) is 0 Å². The topological polar surface area (TPSA) is 79.1 Å². The number of para-hydroxylation sites is 1. The lowest BCUT2D eigenvalue weighted by molar-refractivity contribution is -0.138. The Hall–Kier alpha value is -2.11. The molecule has 0 unspecified atom stereocenters. The van der Waals surface area contributed by atoms with Crippen molar-refractivity contribution in [1.29, 1.82) is 0 Å². The number of aromatic nitrogens is 1. The number of nitrogens with one attached hydrogen (secondary N) is 1. The van der Waals surface area contributed by atoms with Gasteiger partial charge in [0.05, 0.1) is 5.52 Å². The SMILES string of the molecule is N[C@@H](Cc1c[nH]c2c(-c3ccsc3)cccc12)C(=O)O. The fourth-order valence-electron chi connectivity index (χ4n) is 2.36. The highest BCUT2D eigenvalue weighted by Crippen LogP contribution is 2.31. The first-order chi connectivity index (χ1) is 9.66. The highest BCUT2D eigenvalue weighted by molar-refractivity contribution is 7.08. The van der Waals surface area contributed by atoms with Gasteiger partial charge < -0.3 is 15.8 Å². The van der Waals surface area contributed by atoms with Crippen LogP contribution >= 0.6 is 11.3 Å². The molecule has 1 aromatic carbocycles. The number of carboxylic acid groups (broad SMARTS) is 1. The quantitative estimate of drug-likeness (QED) is 0.690. The van der Waals surface area contributed by atoms with Crippen LogP contribution in [0.3, 0.4) is 0 Å². The molecular formula is C15H14N2O2S. The van der Waals surface area contributed by atoms with Crippen LogP contribution in [0.25, 0.3) is 22.0 Å². The van der Waals surface area contributed by atoms with Crippen LogP contribution in [-0.4, -0.2) is 22.1 Å². The number of benzene rings is 1. The second-order valence-corrected chi connectivity index (χ2v) is 5.48. The van der Waals surface area contributed by atoms with E-state index in [0.717, 1.165) is 27.6 Å². The van der Waals surface area contributed by atoms with Crippen LogP contribution in [0.1, 0.15) is 5.56 Å². The summed E-state index contributed by atoms with van der Waals surface area (Å²) in [5.41, 5.74) is 9.87. The van der Waals surface area contributed by atoms with Gasteiger partial charge in [0.2, 0.25) is 0 Å². The molecule has 3 aromatic rings. The predicted molar refractivity (Wildman–Crippen MR) is 80.9 cm³/mol. The minimum Gasteiger partial charge on any atom is -0.480 e. The second kappa shape index (κ2) is 5.11. The van der Waals surface area contributed by atoms with Gasteiger partial charge >= 0.3 is 5.97 Å². The fraction of sp³-hybridized carbons (Fsp3) is 0.133. The first kappa shape index (κ1) is 12.9. The maximum Gasteiger partial charge on any atom is 0.320 e. The largest absolute Gasteiger partial charge is 0.480 e. The molecule has 0 bridgehead atoms. The number of hydrogen-bond acceptors (Lipinski definition) is 3. The molecule has 4 N–H and O–H groups in total. The zero-order valence-electron chi connectivity index (χ0n) is 10.7. The number of carboxylic acids is 1. The van der Waals surface area contributed by atoms with E-state index in [1.54, 1.807) is 11.3 Å². The van der Waals surface area contributed by atoms with Gasteiger partial charge in [-0.1, -0.05) is 18.2 Å². The van der Waals surface area contributed by atoms with E-state index in [9.17, 15) is 4.79 Å². The Morgan fingerprint density at radius 3 is 2.95 bits per heavy atom. The second-order valence-electron chi connectivity index (χ2n) is 4.70. The Morgan fingerprint density at radius 1 is 1.40 bits per heavy atom. The van der Waals surface area contributed by atoms with Gasteiger partial charge in [-0.25, -0.2) is 0 Å². The lowest BCUT2D eigenvalue weighted by Crippen LogP contribution is -2.32. The molecule has 1 atom stereocenters. The summed E-state index contributed by atoms with van der Waals surface area (Å²) in [5, 5.41) is 14.1. The van der Waals surface area contributed by atoms with E-state index in [0.29, 0.717) is 6.42 Å². The molecular weight excluding hydrogens is 272 g/mol. The molecule has 0 saturated heterocycles. The average Bonchev–Trinajstić information content (AvgIpc) is 3.08. The average molecular weight is 286 g/mol. The van der Waals surface area contributed by atoms with Crippen molar-refractivity contribution in [3.8, 4) is 11.1 Å².